The Morgan fingerprint density at radius 2 is 2.07 bits per heavy atom. The lowest BCUT2D eigenvalue weighted by molar-refractivity contribution is 0.0893. The highest BCUT2D eigenvalue weighted by atomic mass is 127. The van der Waals surface area contributed by atoms with Gasteiger partial charge in [0, 0.05) is 45.3 Å². The molecule has 2 rings (SSSR count). The lowest BCUT2D eigenvalue weighted by Gasteiger charge is -2.12. The van der Waals surface area contributed by atoms with Crippen molar-refractivity contribution >= 4 is 40.0 Å². The molecule has 172 valence electrons. The van der Waals surface area contributed by atoms with E-state index in [0.29, 0.717) is 38.1 Å². The summed E-state index contributed by atoms with van der Waals surface area (Å²) in [5.74, 6) is 1.13. The molecule has 0 spiro atoms. The van der Waals surface area contributed by atoms with Gasteiger partial charge in [0.05, 0.1) is 19.0 Å². The molecular weight excluding hydrogens is 519 g/mol. The minimum absolute atomic E-state index is 0. The van der Waals surface area contributed by atoms with Crippen molar-refractivity contribution in [2.24, 2.45) is 10.9 Å². The van der Waals surface area contributed by atoms with Gasteiger partial charge in [0.1, 0.15) is 0 Å². The first kappa shape index (κ1) is 27.1. The summed E-state index contributed by atoms with van der Waals surface area (Å²) in [6.45, 7) is 6.94. The van der Waals surface area contributed by atoms with Crippen LogP contribution in [0.1, 0.15) is 25.3 Å². The Bertz CT molecular complexity index is 698. The molecule has 0 amide bonds. The van der Waals surface area contributed by atoms with E-state index < -0.39 is 10.0 Å². The second-order valence-corrected chi connectivity index (χ2v) is 8.90. The highest BCUT2D eigenvalue weighted by molar-refractivity contribution is 14.0. The summed E-state index contributed by atoms with van der Waals surface area (Å²) in [5, 5.41) is 6.20. The van der Waals surface area contributed by atoms with Crippen molar-refractivity contribution in [1.29, 1.82) is 0 Å². The van der Waals surface area contributed by atoms with Crippen LogP contribution in [0.15, 0.2) is 35.3 Å². The third-order valence-corrected chi connectivity index (χ3v) is 5.77. The Kier molecular flexibility index (Phi) is 14.3. The number of ether oxygens (including phenoxy) is 2. The summed E-state index contributed by atoms with van der Waals surface area (Å²) in [6.07, 6.45) is 1.90. The number of guanidine groups is 1. The van der Waals surface area contributed by atoms with Crippen molar-refractivity contribution in [2.45, 2.75) is 26.3 Å². The van der Waals surface area contributed by atoms with Gasteiger partial charge in [0.15, 0.2) is 5.96 Å². The molecule has 0 radical (unpaired) electrons. The average molecular weight is 554 g/mol. The molecule has 1 unspecified atom stereocenters. The van der Waals surface area contributed by atoms with Crippen molar-refractivity contribution in [3.63, 3.8) is 0 Å². The van der Waals surface area contributed by atoms with Crippen LogP contribution in [0.5, 0.6) is 0 Å². The molecule has 0 saturated carbocycles. The van der Waals surface area contributed by atoms with Crippen LogP contribution in [-0.4, -0.2) is 66.2 Å². The number of nitrogens with zero attached hydrogens (tertiary/aromatic N) is 1. The lowest BCUT2D eigenvalue weighted by atomic mass is 10.1. The van der Waals surface area contributed by atoms with Crippen molar-refractivity contribution in [1.82, 2.24) is 15.4 Å². The zero-order valence-corrected chi connectivity index (χ0v) is 20.8. The molecule has 1 aliphatic rings. The van der Waals surface area contributed by atoms with E-state index in [-0.39, 0.29) is 36.3 Å². The van der Waals surface area contributed by atoms with Crippen molar-refractivity contribution in [3.8, 4) is 0 Å². The van der Waals surface area contributed by atoms with E-state index in [1.807, 2.05) is 37.3 Å². The predicted molar refractivity (Wildman–Crippen MR) is 131 cm³/mol. The fourth-order valence-corrected chi connectivity index (χ4v) is 3.73. The number of nitrogens with one attached hydrogen (secondary N) is 3. The number of hydrogen-bond acceptors (Lipinski definition) is 5. The molecule has 1 heterocycles. The third kappa shape index (κ3) is 12.0. The van der Waals surface area contributed by atoms with Gasteiger partial charge in [0.2, 0.25) is 10.0 Å². The van der Waals surface area contributed by atoms with Crippen LogP contribution in [-0.2, 0) is 26.0 Å². The molecule has 0 aromatic heterocycles. The molecule has 1 aliphatic heterocycles. The largest absolute Gasteiger partial charge is 0.381 e. The standard InChI is InChI=1S/C20H34N4O4S.HI/c1-2-21-20(22-10-6-12-27-16-19-9-13-28-17-19)23-11-14-29(25,26)24-15-18-7-4-3-5-8-18;/h3-5,7-8,19,24H,2,6,9-17H2,1H3,(H2,21,22,23);1H. The molecule has 1 aromatic carbocycles. The first-order chi connectivity index (χ1) is 14.1. The van der Waals surface area contributed by atoms with Crippen LogP contribution in [0.25, 0.3) is 0 Å². The fraction of sp³-hybridized carbons (Fsp3) is 0.650. The van der Waals surface area contributed by atoms with Crippen molar-refractivity contribution < 1.29 is 17.9 Å². The maximum absolute atomic E-state index is 12.1. The van der Waals surface area contributed by atoms with Crippen molar-refractivity contribution in [3.05, 3.63) is 35.9 Å². The summed E-state index contributed by atoms with van der Waals surface area (Å²) >= 11 is 0. The lowest BCUT2D eigenvalue weighted by Crippen LogP contribution is -2.41. The van der Waals surface area contributed by atoms with Crippen LogP contribution >= 0.6 is 24.0 Å². The minimum atomic E-state index is -3.36. The maximum atomic E-state index is 12.1. The molecule has 10 heteroatoms. The summed E-state index contributed by atoms with van der Waals surface area (Å²) in [6, 6.07) is 9.46. The highest BCUT2D eigenvalue weighted by Crippen LogP contribution is 2.12. The molecular formula is C20H35IN4O4S. The van der Waals surface area contributed by atoms with Crippen molar-refractivity contribution in [2.75, 3.05) is 51.8 Å². The SMILES string of the molecule is CCNC(=NCCCOCC1CCOC1)NCCS(=O)(=O)NCc1ccccc1.I. The van der Waals surface area contributed by atoms with Gasteiger partial charge < -0.3 is 20.1 Å². The number of halogens is 1. The van der Waals surface area contributed by atoms with Gasteiger partial charge in [-0.25, -0.2) is 13.1 Å². The van der Waals surface area contributed by atoms with E-state index in [1.165, 1.54) is 0 Å². The Morgan fingerprint density at radius 3 is 2.77 bits per heavy atom. The number of benzene rings is 1. The van der Waals surface area contributed by atoms with E-state index in [9.17, 15) is 8.42 Å². The first-order valence-electron chi connectivity index (χ1n) is 10.3. The summed E-state index contributed by atoms with van der Waals surface area (Å²) < 4.78 is 37.9. The highest BCUT2D eigenvalue weighted by Gasteiger charge is 2.15. The van der Waals surface area contributed by atoms with E-state index in [0.717, 1.165) is 38.2 Å². The van der Waals surface area contributed by atoms with Crippen LogP contribution in [0, 0.1) is 5.92 Å². The molecule has 0 aliphatic carbocycles. The Balaban J connectivity index is 0.00000450. The van der Waals surface area contributed by atoms with Crippen LogP contribution in [0.3, 0.4) is 0 Å². The van der Waals surface area contributed by atoms with Crippen LogP contribution in [0.2, 0.25) is 0 Å². The first-order valence-corrected chi connectivity index (χ1v) is 11.9. The molecule has 1 aromatic rings. The van der Waals surface area contributed by atoms with E-state index in [1.54, 1.807) is 0 Å². The molecule has 1 saturated heterocycles. The molecule has 3 N–H and O–H groups in total. The van der Waals surface area contributed by atoms with Gasteiger partial charge >= 0.3 is 0 Å². The van der Waals surface area contributed by atoms with Gasteiger partial charge in [0.25, 0.3) is 0 Å². The van der Waals surface area contributed by atoms with Crippen LogP contribution in [0.4, 0.5) is 0 Å². The summed E-state index contributed by atoms with van der Waals surface area (Å²) in [7, 11) is -3.36. The van der Waals surface area contributed by atoms with Crippen LogP contribution < -0.4 is 15.4 Å². The van der Waals surface area contributed by atoms with Gasteiger partial charge in [-0.2, -0.15) is 0 Å². The zero-order chi connectivity index (χ0) is 20.8. The van der Waals surface area contributed by atoms with Gasteiger partial charge in [-0.05, 0) is 25.3 Å². The monoisotopic (exact) mass is 554 g/mol. The van der Waals surface area contributed by atoms with Gasteiger partial charge in [-0.1, -0.05) is 30.3 Å². The van der Waals surface area contributed by atoms with E-state index >= 15 is 0 Å². The zero-order valence-electron chi connectivity index (χ0n) is 17.6. The summed E-state index contributed by atoms with van der Waals surface area (Å²) in [5.41, 5.74) is 0.932. The predicted octanol–water partition coefficient (Wildman–Crippen LogP) is 1.72. The average Bonchev–Trinajstić information content (AvgIpc) is 3.23. The molecule has 1 atom stereocenters. The Hall–Kier alpha value is -0.950. The van der Waals surface area contributed by atoms with Gasteiger partial charge in [-0.3, -0.25) is 4.99 Å². The normalized spacial score (nSPS) is 16.8. The number of sulfonamides is 1. The number of rotatable bonds is 13. The fourth-order valence-electron chi connectivity index (χ4n) is 2.83. The second-order valence-electron chi connectivity index (χ2n) is 6.97. The molecule has 8 nitrogen and oxygen atoms in total. The number of aliphatic imine (C=N–C) groups is 1. The number of hydrogen-bond donors (Lipinski definition) is 3. The van der Waals surface area contributed by atoms with Gasteiger partial charge in [-0.15, -0.1) is 24.0 Å². The second kappa shape index (κ2) is 15.8. The smallest absolute Gasteiger partial charge is 0.213 e. The quantitative estimate of drug-likeness (QED) is 0.149. The minimum Gasteiger partial charge on any atom is -0.381 e. The summed E-state index contributed by atoms with van der Waals surface area (Å²) in [4.78, 5) is 4.47. The maximum Gasteiger partial charge on any atom is 0.213 e. The van der Waals surface area contributed by atoms with E-state index in [2.05, 4.69) is 20.3 Å². The Morgan fingerprint density at radius 1 is 1.27 bits per heavy atom. The Labute approximate surface area is 197 Å². The van der Waals surface area contributed by atoms with E-state index in [4.69, 9.17) is 9.47 Å². The molecule has 30 heavy (non-hydrogen) atoms. The molecule has 1 fully saturated rings. The third-order valence-electron chi connectivity index (χ3n) is 4.44. The molecule has 0 bridgehead atoms. The topological polar surface area (TPSA) is 101 Å².